The second-order valence-electron chi connectivity index (χ2n) is 5.74. The van der Waals surface area contributed by atoms with Gasteiger partial charge in [0.15, 0.2) is 0 Å². The molecule has 0 bridgehead atoms. The number of hydrogen-bond acceptors (Lipinski definition) is 4. The van der Waals surface area contributed by atoms with Crippen LogP contribution < -0.4 is 5.32 Å². The van der Waals surface area contributed by atoms with Crippen LogP contribution in [0.4, 0.5) is 10.1 Å². The second-order valence-corrected chi connectivity index (χ2v) is 6.56. The highest BCUT2D eigenvalue weighted by molar-refractivity contribution is 7.32. The first-order valence-electron chi connectivity index (χ1n) is 8.23. The lowest BCUT2D eigenvalue weighted by molar-refractivity contribution is -0.111. The molecule has 0 radical (unpaired) electrons. The monoisotopic (exact) mass is 401 g/mol. The number of halogens is 1. The first-order chi connectivity index (χ1) is 13.5. The van der Waals surface area contributed by atoms with E-state index in [4.69, 9.17) is 4.89 Å². The van der Waals surface area contributed by atoms with Gasteiger partial charge in [-0.15, -0.1) is 0 Å². The van der Waals surface area contributed by atoms with E-state index in [2.05, 4.69) is 14.8 Å². The zero-order chi connectivity index (χ0) is 19.9. The number of rotatable bonds is 7. The van der Waals surface area contributed by atoms with Crippen LogP contribution in [0.15, 0.2) is 67.1 Å². The van der Waals surface area contributed by atoms with Crippen LogP contribution in [0.5, 0.6) is 0 Å². The lowest BCUT2D eigenvalue weighted by Gasteiger charge is -2.06. The smallest absolute Gasteiger partial charge is 0.316 e. The number of aromatic nitrogens is 2. The fourth-order valence-electron chi connectivity index (χ4n) is 2.42. The van der Waals surface area contributed by atoms with Gasteiger partial charge in [0.2, 0.25) is 5.91 Å². The third-order valence-corrected chi connectivity index (χ3v) is 4.15. The predicted octanol–water partition coefficient (Wildman–Crippen LogP) is 3.56. The van der Waals surface area contributed by atoms with Gasteiger partial charge in [0.1, 0.15) is 5.82 Å². The number of imidazole rings is 1. The number of carbonyl (C=O) groups excluding carboxylic acids is 1. The molecule has 9 heteroatoms. The third kappa shape index (κ3) is 5.47. The molecule has 0 spiro atoms. The van der Waals surface area contributed by atoms with Crippen molar-refractivity contribution in [3.8, 4) is 5.69 Å². The first kappa shape index (κ1) is 19.7. The van der Waals surface area contributed by atoms with Crippen molar-refractivity contribution in [1.29, 1.82) is 0 Å². The van der Waals surface area contributed by atoms with Crippen LogP contribution in [0, 0.1) is 5.82 Å². The Kier molecular flexibility index (Phi) is 6.49. The fourth-order valence-corrected chi connectivity index (χ4v) is 2.71. The van der Waals surface area contributed by atoms with Crippen molar-refractivity contribution in [2.24, 2.45) is 0 Å². The van der Waals surface area contributed by atoms with Gasteiger partial charge in [-0.2, -0.15) is 0 Å². The summed E-state index contributed by atoms with van der Waals surface area (Å²) in [5, 5.41) is 2.71. The molecule has 2 N–H and O–H groups in total. The number of amides is 1. The maximum absolute atomic E-state index is 13.1. The minimum Gasteiger partial charge on any atom is -0.326 e. The molecule has 28 heavy (non-hydrogen) atoms. The summed E-state index contributed by atoms with van der Waals surface area (Å²) in [4.78, 5) is 24.9. The van der Waals surface area contributed by atoms with E-state index in [0.29, 0.717) is 16.9 Å². The molecular weight excluding hydrogens is 384 g/mol. The molecule has 7 nitrogen and oxygen atoms in total. The topological polar surface area (TPSA) is 93.5 Å². The highest BCUT2D eigenvalue weighted by atomic mass is 31.1. The third-order valence-electron chi connectivity index (χ3n) is 3.76. The van der Waals surface area contributed by atoms with Gasteiger partial charge in [0.05, 0.1) is 24.8 Å². The summed E-state index contributed by atoms with van der Waals surface area (Å²) in [7, 11) is -2.97. The van der Waals surface area contributed by atoms with Gasteiger partial charge < -0.3 is 14.7 Å². The van der Waals surface area contributed by atoms with Gasteiger partial charge in [-0.1, -0.05) is 12.1 Å². The van der Waals surface area contributed by atoms with Crippen LogP contribution in [-0.2, 0) is 20.5 Å². The van der Waals surface area contributed by atoms with Crippen molar-refractivity contribution in [1.82, 2.24) is 9.55 Å². The molecule has 1 aromatic heterocycles. The molecule has 0 aliphatic rings. The number of nitrogens with one attached hydrogen (secondary N) is 1. The molecule has 0 fully saturated rings. The van der Waals surface area contributed by atoms with Crippen LogP contribution in [0.3, 0.4) is 0 Å². The standard InChI is InChI=1S/C19H17FN3O4P/c20-15-3-7-17(8-4-15)23-13-21-11-18(23)9-10-19(24)22-16-5-1-14(2-6-16)12-27-28(25)26/h1-11,13,28H,12H2,(H,22,24)(H,25,26). The van der Waals surface area contributed by atoms with Crippen molar-refractivity contribution < 1.29 is 23.2 Å². The van der Waals surface area contributed by atoms with Crippen molar-refractivity contribution in [2.45, 2.75) is 6.61 Å². The predicted molar refractivity (Wildman–Crippen MR) is 104 cm³/mol. The summed E-state index contributed by atoms with van der Waals surface area (Å²) >= 11 is 0. The summed E-state index contributed by atoms with van der Waals surface area (Å²) in [6.45, 7) is 0.0236. The van der Waals surface area contributed by atoms with E-state index in [9.17, 15) is 13.8 Å². The second kappa shape index (κ2) is 9.23. The molecule has 2 aromatic carbocycles. The van der Waals surface area contributed by atoms with Crippen molar-refractivity contribution >= 4 is 25.9 Å². The normalized spacial score (nSPS) is 12.2. The lowest BCUT2D eigenvalue weighted by atomic mass is 10.2. The molecule has 3 rings (SSSR count). The number of carbonyl (C=O) groups is 1. The quantitative estimate of drug-likeness (QED) is 0.466. The van der Waals surface area contributed by atoms with Crippen LogP contribution >= 0.6 is 8.25 Å². The summed E-state index contributed by atoms with van der Waals surface area (Å²) in [5.74, 6) is -0.667. The Morgan fingerprint density at radius 3 is 2.61 bits per heavy atom. The molecule has 1 heterocycles. The minimum atomic E-state index is -2.97. The van der Waals surface area contributed by atoms with E-state index in [1.807, 2.05) is 0 Å². The molecule has 0 aliphatic heterocycles. The highest BCUT2D eigenvalue weighted by Crippen LogP contribution is 2.19. The summed E-state index contributed by atoms with van der Waals surface area (Å²) in [6, 6.07) is 12.7. The summed E-state index contributed by atoms with van der Waals surface area (Å²) in [5.41, 5.74) is 2.67. The van der Waals surface area contributed by atoms with Crippen LogP contribution in [0.25, 0.3) is 11.8 Å². The number of benzene rings is 2. The molecule has 144 valence electrons. The Hall–Kier alpha value is -3.06. The molecule has 0 saturated carbocycles. The zero-order valence-corrected chi connectivity index (χ0v) is 15.6. The number of hydrogen-bond donors (Lipinski definition) is 2. The Morgan fingerprint density at radius 1 is 1.21 bits per heavy atom. The molecule has 1 unspecified atom stereocenters. The maximum Gasteiger partial charge on any atom is 0.316 e. The fraction of sp³-hybridized carbons (Fsp3) is 0.0526. The summed E-state index contributed by atoms with van der Waals surface area (Å²) < 4.78 is 30.0. The Labute approximate surface area is 161 Å². The van der Waals surface area contributed by atoms with Crippen LogP contribution in [0.1, 0.15) is 11.3 Å². The SMILES string of the molecule is O=C(C=Cc1cncn1-c1ccc(F)cc1)Nc1ccc(CO[PH](=O)O)cc1. The minimum absolute atomic E-state index is 0.0236. The van der Waals surface area contributed by atoms with E-state index in [-0.39, 0.29) is 18.3 Å². The zero-order valence-electron chi connectivity index (χ0n) is 14.6. The highest BCUT2D eigenvalue weighted by Gasteiger charge is 2.04. The average molecular weight is 401 g/mol. The van der Waals surface area contributed by atoms with Gasteiger partial charge in [0.25, 0.3) is 0 Å². The number of anilines is 1. The van der Waals surface area contributed by atoms with E-state index < -0.39 is 8.25 Å². The van der Waals surface area contributed by atoms with Gasteiger partial charge in [-0.3, -0.25) is 13.9 Å². The van der Waals surface area contributed by atoms with Gasteiger partial charge in [0, 0.05) is 17.5 Å². The van der Waals surface area contributed by atoms with Crippen molar-refractivity contribution in [3.05, 3.63) is 84.2 Å². The van der Waals surface area contributed by atoms with Crippen molar-refractivity contribution in [3.63, 3.8) is 0 Å². The number of nitrogens with zero attached hydrogens (tertiary/aromatic N) is 2. The Balaban J connectivity index is 1.62. The van der Waals surface area contributed by atoms with Gasteiger partial charge >= 0.3 is 8.25 Å². The van der Waals surface area contributed by atoms with Crippen LogP contribution in [-0.4, -0.2) is 20.4 Å². The van der Waals surface area contributed by atoms with E-state index >= 15 is 0 Å². The molecule has 1 atom stereocenters. The summed E-state index contributed by atoms with van der Waals surface area (Å²) in [6.07, 6.45) is 6.14. The average Bonchev–Trinajstić information content (AvgIpc) is 3.15. The largest absolute Gasteiger partial charge is 0.326 e. The lowest BCUT2D eigenvalue weighted by Crippen LogP contribution is -2.08. The van der Waals surface area contributed by atoms with Crippen LogP contribution in [0.2, 0.25) is 0 Å². The molecule has 0 aliphatic carbocycles. The molecule has 0 saturated heterocycles. The Bertz CT molecular complexity index is 1000. The van der Waals surface area contributed by atoms with Gasteiger partial charge in [-0.05, 0) is 48.0 Å². The molecule has 1 amide bonds. The van der Waals surface area contributed by atoms with E-state index in [0.717, 1.165) is 5.69 Å². The molecule has 3 aromatic rings. The Morgan fingerprint density at radius 2 is 1.93 bits per heavy atom. The van der Waals surface area contributed by atoms with Crippen molar-refractivity contribution in [2.75, 3.05) is 5.32 Å². The van der Waals surface area contributed by atoms with E-state index in [1.54, 1.807) is 59.6 Å². The van der Waals surface area contributed by atoms with E-state index in [1.165, 1.54) is 18.2 Å². The first-order valence-corrected chi connectivity index (χ1v) is 9.49. The molecular formula is C19H17FN3O4P. The maximum atomic E-state index is 13.1. The van der Waals surface area contributed by atoms with Gasteiger partial charge in [-0.25, -0.2) is 9.37 Å².